The number of hydrogen-bond acceptors (Lipinski definition) is 4. The third-order valence-corrected chi connectivity index (χ3v) is 5.32. The lowest BCUT2D eigenvalue weighted by Gasteiger charge is -2.19. The second kappa shape index (κ2) is 9.18. The summed E-state index contributed by atoms with van der Waals surface area (Å²) in [6.07, 6.45) is 1.79. The van der Waals surface area contributed by atoms with Crippen molar-refractivity contribution in [3.8, 4) is 11.5 Å². The highest BCUT2D eigenvalue weighted by Crippen LogP contribution is 2.30. The van der Waals surface area contributed by atoms with Crippen molar-refractivity contribution in [2.24, 2.45) is 4.99 Å². The van der Waals surface area contributed by atoms with E-state index in [0.29, 0.717) is 18.1 Å². The Morgan fingerprint density at radius 1 is 0.935 bits per heavy atom. The summed E-state index contributed by atoms with van der Waals surface area (Å²) >= 11 is 3.46. The van der Waals surface area contributed by atoms with Gasteiger partial charge in [-0.1, -0.05) is 40.2 Å². The molecule has 4 rings (SSSR count). The van der Waals surface area contributed by atoms with Crippen molar-refractivity contribution in [3.63, 3.8) is 0 Å². The highest BCUT2D eigenvalue weighted by atomic mass is 79.9. The van der Waals surface area contributed by atoms with E-state index >= 15 is 0 Å². The largest absolute Gasteiger partial charge is 0.497 e. The quantitative estimate of drug-likeness (QED) is 0.429. The molecule has 1 heterocycles. The Morgan fingerprint density at radius 3 is 2.19 bits per heavy atom. The zero-order chi connectivity index (χ0) is 21.8. The minimum Gasteiger partial charge on any atom is -0.497 e. The van der Waals surface area contributed by atoms with Crippen LogP contribution in [0.1, 0.15) is 18.1 Å². The molecule has 0 aromatic heterocycles. The van der Waals surface area contributed by atoms with Gasteiger partial charge in [0.15, 0.2) is 0 Å². The number of aliphatic imine (C=N–C) groups is 1. The van der Waals surface area contributed by atoms with Crippen molar-refractivity contribution in [2.45, 2.75) is 6.92 Å². The van der Waals surface area contributed by atoms with Crippen molar-refractivity contribution >= 4 is 39.4 Å². The van der Waals surface area contributed by atoms with Crippen molar-refractivity contribution < 1.29 is 14.3 Å². The van der Waals surface area contributed by atoms with Crippen LogP contribution in [0.25, 0.3) is 6.08 Å². The second-order valence-corrected chi connectivity index (χ2v) is 7.73. The molecule has 1 aliphatic rings. The van der Waals surface area contributed by atoms with Crippen LogP contribution in [-0.2, 0) is 4.79 Å². The number of carbonyl (C=O) groups excluding carboxylic acids is 1. The van der Waals surface area contributed by atoms with Crippen LogP contribution in [0.2, 0.25) is 0 Å². The molecule has 0 aliphatic carbocycles. The van der Waals surface area contributed by atoms with Gasteiger partial charge in [0.05, 0.1) is 19.4 Å². The lowest BCUT2D eigenvalue weighted by molar-refractivity contribution is -0.113. The fourth-order valence-corrected chi connectivity index (χ4v) is 3.53. The smallest absolute Gasteiger partial charge is 0.282 e. The highest BCUT2D eigenvalue weighted by molar-refractivity contribution is 9.10. The fraction of sp³-hybridized carbons (Fsp3) is 0.120. The van der Waals surface area contributed by atoms with Gasteiger partial charge in [-0.15, -0.1) is 0 Å². The molecule has 0 bridgehead atoms. The Balaban J connectivity index is 1.74. The number of hydrogen-bond donors (Lipinski definition) is 0. The first-order valence-corrected chi connectivity index (χ1v) is 10.7. The topological polar surface area (TPSA) is 51.1 Å². The van der Waals surface area contributed by atoms with Crippen molar-refractivity contribution in [1.82, 2.24) is 0 Å². The van der Waals surface area contributed by atoms with Gasteiger partial charge in [-0.25, -0.2) is 4.99 Å². The van der Waals surface area contributed by atoms with Crippen LogP contribution >= 0.6 is 15.9 Å². The van der Waals surface area contributed by atoms with Crippen LogP contribution in [0.15, 0.2) is 88.0 Å². The maximum atomic E-state index is 13.4. The maximum Gasteiger partial charge on any atom is 0.282 e. The highest BCUT2D eigenvalue weighted by Gasteiger charge is 2.32. The summed E-state index contributed by atoms with van der Waals surface area (Å²) in [5, 5.41) is 0. The summed E-state index contributed by atoms with van der Waals surface area (Å²) in [5.41, 5.74) is 2.82. The lowest BCUT2D eigenvalue weighted by atomic mass is 10.1. The first-order chi connectivity index (χ1) is 15.1. The monoisotopic (exact) mass is 476 g/mol. The van der Waals surface area contributed by atoms with E-state index in [2.05, 4.69) is 15.9 Å². The first kappa shape index (κ1) is 20.9. The molecule has 31 heavy (non-hydrogen) atoms. The van der Waals surface area contributed by atoms with Crippen molar-refractivity contribution in [3.05, 3.63) is 94.1 Å². The number of carbonyl (C=O) groups is 1. The molecule has 3 aromatic rings. The Kier molecular flexibility index (Phi) is 6.18. The van der Waals surface area contributed by atoms with E-state index in [9.17, 15) is 4.79 Å². The molecule has 1 amide bonds. The summed E-state index contributed by atoms with van der Waals surface area (Å²) in [6, 6.07) is 22.7. The van der Waals surface area contributed by atoms with Crippen LogP contribution in [0, 0.1) is 0 Å². The van der Waals surface area contributed by atoms with Gasteiger partial charge < -0.3 is 9.47 Å². The zero-order valence-electron chi connectivity index (χ0n) is 17.2. The van der Waals surface area contributed by atoms with E-state index in [1.807, 2.05) is 79.7 Å². The number of benzene rings is 3. The lowest BCUT2D eigenvalue weighted by Crippen LogP contribution is -2.32. The average molecular weight is 477 g/mol. The minimum absolute atomic E-state index is 0.183. The predicted molar refractivity (Wildman–Crippen MR) is 127 cm³/mol. The SMILES string of the molecule is CCOc1ccc(/C=C2/N=C(c3ccc(Br)cc3)N(c3ccc(OC)cc3)C2=O)cc1. The minimum atomic E-state index is -0.183. The van der Waals surface area contributed by atoms with Gasteiger partial charge in [0.1, 0.15) is 23.0 Å². The third kappa shape index (κ3) is 4.54. The molecule has 0 fully saturated rings. The maximum absolute atomic E-state index is 13.4. The number of nitrogens with zero attached hydrogens (tertiary/aromatic N) is 2. The van der Waals surface area contributed by atoms with Crippen LogP contribution in [0.5, 0.6) is 11.5 Å². The molecule has 0 saturated carbocycles. The number of rotatable bonds is 6. The van der Waals surface area contributed by atoms with Gasteiger partial charge >= 0.3 is 0 Å². The van der Waals surface area contributed by atoms with Gasteiger partial charge in [0, 0.05) is 10.0 Å². The fourth-order valence-electron chi connectivity index (χ4n) is 3.26. The molecular formula is C25H21BrN2O3. The van der Waals surface area contributed by atoms with Crippen molar-refractivity contribution in [1.29, 1.82) is 0 Å². The number of anilines is 1. The normalized spacial score (nSPS) is 14.7. The van der Waals surface area contributed by atoms with Crippen LogP contribution in [-0.4, -0.2) is 25.5 Å². The molecule has 5 nitrogen and oxygen atoms in total. The molecule has 0 spiro atoms. The van der Waals surface area contributed by atoms with E-state index in [1.165, 1.54) is 0 Å². The summed E-state index contributed by atoms with van der Waals surface area (Å²) in [7, 11) is 1.61. The zero-order valence-corrected chi connectivity index (χ0v) is 18.8. The van der Waals surface area contributed by atoms with Crippen LogP contribution in [0.4, 0.5) is 5.69 Å². The second-order valence-electron chi connectivity index (χ2n) is 6.81. The summed E-state index contributed by atoms with van der Waals surface area (Å²) in [4.78, 5) is 19.7. The molecule has 3 aromatic carbocycles. The number of ether oxygens (including phenoxy) is 2. The third-order valence-electron chi connectivity index (χ3n) is 4.79. The van der Waals surface area contributed by atoms with Gasteiger partial charge in [-0.2, -0.15) is 0 Å². The van der Waals surface area contributed by atoms with E-state index in [0.717, 1.165) is 32.8 Å². The molecular weight excluding hydrogens is 456 g/mol. The summed E-state index contributed by atoms with van der Waals surface area (Å²) in [6.45, 7) is 2.55. The molecule has 0 radical (unpaired) electrons. The van der Waals surface area contributed by atoms with Gasteiger partial charge in [0.2, 0.25) is 0 Å². The molecule has 1 aliphatic heterocycles. The molecule has 6 heteroatoms. The Bertz CT molecular complexity index is 1130. The molecule has 156 valence electrons. The molecule has 0 unspecified atom stereocenters. The van der Waals surface area contributed by atoms with Gasteiger partial charge in [-0.3, -0.25) is 9.69 Å². The molecule has 0 N–H and O–H groups in total. The van der Waals surface area contributed by atoms with Crippen molar-refractivity contribution in [2.75, 3.05) is 18.6 Å². The van der Waals surface area contributed by atoms with E-state index in [1.54, 1.807) is 18.1 Å². The Morgan fingerprint density at radius 2 is 1.58 bits per heavy atom. The van der Waals surface area contributed by atoms with Crippen LogP contribution in [0.3, 0.4) is 0 Å². The summed E-state index contributed by atoms with van der Waals surface area (Å²) in [5.74, 6) is 1.92. The Hall–Kier alpha value is -3.38. The summed E-state index contributed by atoms with van der Waals surface area (Å²) < 4.78 is 11.7. The van der Waals surface area contributed by atoms with Gasteiger partial charge in [-0.05, 0) is 67.1 Å². The standard InChI is InChI=1S/C25H21BrN2O3/c1-3-31-22-12-4-17(5-13-22)16-23-25(29)28(20-10-14-21(30-2)15-11-20)24(27-23)18-6-8-19(26)9-7-18/h4-16H,3H2,1-2H3/b23-16+. The first-order valence-electron chi connectivity index (χ1n) is 9.86. The van der Waals surface area contributed by atoms with E-state index in [-0.39, 0.29) is 5.91 Å². The predicted octanol–water partition coefficient (Wildman–Crippen LogP) is 5.69. The molecule has 0 saturated heterocycles. The van der Waals surface area contributed by atoms with E-state index in [4.69, 9.17) is 14.5 Å². The number of halogens is 1. The number of amides is 1. The molecule has 0 atom stereocenters. The number of amidine groups is 1. The van der Waals surface area contributed by atoms with E-state index < -0.39 is 0 Å². The van der Waals surface area contributed by atoms with Gasteiger partial charge in [0.25, 0.3) is 5.91 Å². The Labute approximate surface area is 189 Å². The number of methoxy groups -OCH3 is 1. The van der Waals surface area contributed by atoms with Crippen LogP contribution < -0.4 is 14.4 Å². The average Bonchev–Trinajstić information content (AvgIpc) is 3.11.